The smallest absolute Gasteiger partial charge is 0.223 e. The lowest BCUT2D eigenvalue weighted by molar-refractivity contribution is 0.887. The average molecular weight is 204 g/mol. The molecule has 0 saturated carbocycles. The topological polar surface area (TPSA) is 51.8 Å². The van der Waals surface area contributed by atoms with E-state index in [-0.39, 0.29) is 0 Å². The third kappa shape index (κ3) is 2.62. The van der Waals surface area contributed by atoms with E-state index in [1.807, 2.05) is 12.3 Å². The van der Waals surface area contributed by atoms with Crippen molar-refractivity contribution in [3.05, 3.63) is 17.0 Å². The Hall–Kier alpha value is -0.320. The molecule has 66 valence electrons. The Morgan fingerprint density at radius 2 is 2.33 bits per heavy atom. The second-order valence-corrected chi connectivity index (χ2v) is 3.37. The lowest BCUT2D eigenvalue weighted by Gasteiger charge is -2.00. The zero-order chi connectivity index (χ0) is 8.97. The van der Waals surface area contributed by atoms with Gasteiger partial charge in [0.2, 0.25) is 5.28 Å². The molecule has 1 aromatic rings. The van der Waals surface area contributed by atoms with Gasteiger partial charge in [-0.1, -0.05) is 0 Å². The van der Waals surface area contributed by atoms with Crippen LogP contribution in [0, 0.1) is 0 Å². The summed E-state index contributed by atoms with van der Waals surface area (Å²) in [5.41, 5.74) is 6.30. The van der Waals surface area contributed by atoms with Crippen LogP contribution in [-0.2, 0) is 6.42 Å². The van der Waals surface area contributed by atoms with Gasteiger partial charge in [-0.3, -0.25) is 0 Å². The third-order valence-electron chi connectivity index (χ3n) is 1.34. The van der Waals surface area contributed by atoms with E-state index in [9.17, 15) is 0 Å². The number of thioether (sulfide) groups is 1. The molecule has 1 aromatic heterocycles. The molecule has 0 spiro atoms. The van der Waals surface area contributed by atoms with E-state index in [0.717, 1.165) is 17.1 Å². The molecule has 5 heteroatoms. The van der Waals surface area contributed by atoms with Crippen molar-refractivity contribution < 1.29 is 0 Å². The highest BCUT2D eigenvalue weighted by atomic mass is 35.5. The molecule has 0 aromatic carbocycles. The maximum atomic E-state index is 5.69. The Kier molecular flexibility index (Phi) is 3.78. The van der Waals surface area contributed by atoms with Crippen LogP contribution in [0.25, 0.3) is 0 Å². The summed E-state index contributed by atoms with van der Waals surface area (Å²) in [5.74, 6) is 0. The number of aromatic nitrogens is 2. The quantitative estimate of drug-likeness (QED) is 0.458. The van der Waals surface area contributed by atoms with Gasteiger partial charge in [-0.15, -0.1) is 11.8 Å². The van der Waals surface area contributed by atoms with E-state index < -0.39 is 0 Å². The highest BCUT2D eigenvalue weighted by Crippen LogP contribution is 2.14. The van der Waals surface area contributed by atoms with E-state index >= 15 is 0 Å². The lowest BCUT2D eigenvalue weighted by Crippen LogP contribution is -2.05. The minimum atomic E-state index is 0.297. The van der Waals surface area contributed by atoms with Crippen molar-refractivity contribution in [2.75, 3.05) is 12.8 Å². The van der Waals surface area contributed by atoms with Crippen molar-refractivity contribution in [1.29, 1.82) is 0 Å². The number of nitrogens with zero attached hydrogens (tertiary/aromatic N) is 2. The van der Waals surface area contributed by atoms with Crippen LogP contribution in [-0.4, -0.2) is 22.8 Å². The molecule has 1 rings (SSSR count). The lowest BCUT2D eigenvalue weighted by atomic mass is 10.3. The van der Waals surface area contributed by atoms with Gasteiger partial charge in [-0.05, 0) is 30.5 Å². The number of hydrogen-bond acceptors (Lipinski definition) is 4. The normalized spacial score (nSPS) is 10.2. The fourth-order valence-corrected chi connectivity index (χ4v) is 1.50. The van der Waals surface area contributed by atoms with Gasteiger partial charge in [0.15, 0.2) is 0 Å². The minimum absolute atomic E-state index is 0.297. The van der Waals surface area contributed by atoms with Crippen molar-refractivity contribution in [2.24, 2.45) is 5.73 Å². The number of hydrogen-bond donors (Lipinski definition) is 1. The van der Waals surface area contributed by atoms with Crippen LogP contribution in [0.15, 0.2) is 11.1 Å². The molecule has 3 nitrogen and oxygen atoms in total. The molecule has 0 amide bonds. The molecule has 12 heavy (non-hydrogen) atoms. The first-order chi connectivity index (χ1) is 5.76. The Bertz CT molecular complexity index is 267. The van der Waals surface area contributed by atoms with Crippen LogP contribution >= 0.6 is 23.4 Å². The summed E-state index contributed by atoms with van der Waals surface area (Å²) in [7, 11) is 0. The van der Waals surface area contributed by atoms with Crippen LogP contribution in [0.4, 0.5) is 0 Å². The molecule has 0 aliphatic rings. The van der Waals surface area contributed by atoms with Gasteiger partial charge in [0.25, 0.3) is 0 Å². The van der Waals surface area contributed by atoms with Crippen molar-refractivity contribution in [3.63, 3.8) is 0 Å². The molecule has 2 N–H and O–H groups in total. The molecule has 0 atom stereocenters. The van der Waals surface area contributed by atoms with Gasteiger partial charge in [0.1, 0.15) is 5.03 Å². The SMILES string of the molecule is CSc1cc(CCN)nc(Cl)n1. The summed E-state index contributed by atoms with van der Waals surface area (Å²) < 4.78 is 0. The zero-order valence-corrected chi connectivity index (χ0v) is 8.32. The Morgan fingerprint density at radius 3 is 2.92 bits per heavy atom. The van der Waals surface area contributed by atoms with E-state index in [0.29, 0.717) is 11.8 Å². The van der Waals surface area contributed by atoms with Gasteiger partial charge in [0.05, 0.1) is 0 Å². The summed E-state index contributed by atoms with van der Waals surface area (Å²) >= 11 is 7.23. The first-order valence-corrected chi connectivity index (χ1v) is 5.14. The summed E-state index contributed by atoms with van der Waals surface area (Å²) in [5, 5.41) is 1.18. The molecule has 1 heterocycles. The van der Waals surface area contributed by atoms with E-state index in [1.165, 1.54) is 0 Å². The number of halogens is 1. The average Bonchev–Trinajstić information content (AvgIpc) is 2.04. The zero-order valence-electron chi connectivity index (χ0n) is 6.75. The minimum Gasteiger partial charge on any atom is -0.330 e. The monoisotopic (exact) mass is 203 g/mol. The first kappa shape index (κ1) is 9.77. The molecule has 0 fully saturated rings. The first-order valence-electron chi connectivity index (χ1n) is 3.53. The Morgan fingerprint density at radius 1 is 1.58 bits per heavy atom. The van der Waals surface area contributed by atoms with Crippen LogP contribution in [0.1, 0.15) is 5.69 Å². The summed E-state index contributed by atoms with van der Waals surface area (Å²) in [6.07, 6.45) is 2.70. The second kappa shape index (κ2) is 4.64. The molecular weight excluding hydrogens is 194 g/mol. The molecule has 0 aliphatic carbocycles. The summed E-state index contributed by atoms with van der Waals surface area (Å²) in [4.78, 5) is 8.04. The number of rotatable bonds is 3. The fourth-order valence-electron chi connectivity index (χ4n) is 0.822. The second-order valence-electron chi connectivity index (χ2n) is 2.21. The predicted molar refractivity (Wildman–Crippen MR) is 51.6 cm³/mol. The standard InChI is InChI=1S/C7H10ClN3S/c1-12-6-4-5(2-3-9)10-7(8)11-6/h4H,2-3,9H2,1H3. The Balaban J connectivity index is 2.90. The summed E-state index contributed by atoms with van der Waals surface area (Å²) in [6, 6.07) is 1.91. The highest BCUT2D eigenvalue weighted by Gasteiger charge is 2.00. The molecule has 0 saturated heterocycles. The van der Waals surface area contributed by atoms with Crippen molar-refractivity contribution in [3.8, 4) is 0 Å². The van der Waals surface area contributed by atoms with E-state index in [1.54, 1.807) is 11.8 Å². The van der Waals surface area contributed by atoms with Crippen LogP contribution in [0.5, 0.6) is 0 Å². The predicted octanol–water partition coefficient (Wildman–Crippen LogP) is 1.35. The van der Waals surface area contributed by atoms with Crippen molar-refractivity contribution in [1.82, 2.24) is 9.97 Å². The number of nitrogens with two attached hydrogens (primary N) is 1. The molecule has 0 bridgehead atoms. The van der Waals surface area contributed by atoms with Crippen LogP contribution in [0.2, 0.25) is 5.28 Å². The van der Waals surface area contributed by atoms with Crippen molar-refractivity contribution in [2.45, 2.75) is 11.4 Å². The van der Waals surface area contributed by atoms with E-state index in [2.05, 4.69) is 9.97 Å². The molecular formula is C7H10ClN3S. The van der Waals surface area contributed by atoms with Crippen molar-refractivity contribution >= 4 is 23.4 Å². The summed E-state index contributed by atoms with van der Waals surface area (Å²) in [6.45, 7) is 0.584. The fraction of sp³-hybridized carbons (Fsp3) is 0.429. The molecule has 0 unspecified atom stereocenters. The third-order valence-corrected chi connectivity index (χ3v) is 2.13. The Labute approximate surface area is 80.7 Å². The van der Waals surface area contributed by atoms with Gasteiger partial charge in [0, 0.05) is 12.1 Å². The van der Waals surface area contributed by atoms with Gasteiger partial charge in [-0.25, -0.2) is 9.97 Å². The van der Waals surface area contributed by atoms with Crippen LogP contribution in [0.3, 0.4) is 0 Å². The molecule has 0 radical (unpaired) electrons. The largest absolute Gasteiger partial charge is 0.330 e. The highest BCUT2D eigenvalue weighted by molar-refractivity contribution is 7.98. The van der Waals surface area contributed by atoms with Crippen LogP contribution < -0.4 is 5.73 Å². The van der Waals surface area contributed by atoms with E-state index in [4.69, 9.17) is 17.3 Å². The maximum absolute atomic E-state index is 5.69. The molecule has 0 aliphatic heterocycles. The van der Waals surface area contributed by atoms with Gasteiger partial charge >= 0.3 is 0 Å². The van der Waals surface area contributed by atoms with Gasteiger partial charge < -0.3 is 5.73 Å². The maximum Gasteiger partial charge on any atom is 0.223 e. The van der Waals surface area contributed by atoms with Gasteiger partial charge in [-0.2, -0.15) is 0 Å².